The number of aromatic hydroxyl groups is 1. The zero-order valence-electron chi connectivity index (χ0n) is 18.3. The molecular formula is C24H31N3O5. The fraction of sp³-hybridized carbons (Fsp3) is 0.375. The second-order valence-electron chi connectivity index (χ2n) is 7.93. The summed E-state index contributed by atoms with van der Waals surface area (Å²) in [6.07, 6.45) is 0.915. The lowest BCUT2D eigenvalue weighted by molar-refractivity contribution is -0.142. The number of nitrogens with two attached hydrogens (primary N) is 1. The molecule has 172 valence electrons. The number of rotatable bonds is 11. The highest BCUT2D eigenvalue weighted by Crippen LogP contribution is 2.13. The van der Waals surface area contributed by atoms with Gasteiger partial charge < -0.3 is 26.6 Å². The summed E-state index contributed by atoms with van der Waals surface area (Å²) in [4.78, 5) is 37.4. The molecule has 0 radical (unpaired) electrons. The number of amides is 2. The quantitative estimate of drug-likeness (QED) is 0.359. The third-order valence-electron chi connectivity index (χ3n) is 5.47. The predicted molar refractivity (Wildman–Crippen MR) is 121 cm³/mol. The fourth-order valence-electron chi connectivity index (χ4n) is 3.18. The van der Waals surface area contributed by atoms with Crippen molar-refractivity contribution in [2.24, 2.45) is 11.7 Å². The Morgan fingerprint density at radius 1 is 0.875 bits per heavy atom. The van der Waals surface area contributed by atoms with E-state index in [-0.39, 0.29) is 24.5 Å². The van der Waals surface area contributed by atoms with Crippen LogP contribution in [0.15, 0.2) is 54.6 Å². The molecule has 0 aromatic heterocycles. The summed E-state index contributed by atoms with van der Waals surface area (Å²) in [5, 5.41) is 24.3. The van der Waals surface area contributed by atoms with E-state index in [1.165, 1.54) is 12.1 Å². The molecule has 2 rings (SSSR count). The van der Waals surface area contributed by atoms with Gasteiger partial charge in [-0.15, -0.1) is 0 Å². The van der Waals surface area contributed by atoms with Crippen molar-refractivity contribution in [1.82, 2.24) is 10.6 Å². The van der Waals surface area contributed by atoms with E-state index in [4.69, 9.17) is 5.73 Å². The lowest BCUT2D eigenvalue weighted by Gasteiger charge is -2.24. The van der Waals surface area contributed by atoms with Gasteiger partial charge in [0.25, 0.3) is 0 Å². The predicted octanol–water partition coefficient (Wildman–Crippen LogP) is 1.61. The molecule has 8 heteroatoms. The monoisotopic (exact) mass is 441 g/mol. The van der Waals surface area contributed by atoms with Crippen LogP contribution >= 0.6 is 0 Å². The molecule has 2 aromatic carbocycles. The third-order valence-corrected chi connectivity index (χ3v) is 5.47. The molecule has 2 aromatic rings. The Labute approximate surface area is 187 Å². The molecular weight excluding hydrogens is 410 g/mol. The van der Waals surface area contributed by atoms with E-state index < -0.39 is 35.9 Å². The van der Waals surface area contributed by atoms with Gasteiger partial charge in [-0.25, -0.2) is 4.79 Å². The van der Waals surface area contributed by atoms with E-state index >= 15 is 0 Å². The minimum Gasteiger partial charge on any atom is -0.508 e. The van der Waals surface area contributed by atoms with Crippen molar-refractivity contribution < 1.29 is 24.6 Å². The van der Waals surface area contributed by atoms with Crippen LogP contribution in [0.3, 0.4) is 0 Å². The molecule has 0 aliphatic rings. The van der Waals surface area contributed by atoms with Gasteiger partial charge in [0.15, 0.2) is 0 Å². The van der Waals surface area contributed by atoms with Crippen molar-refractivity contribution in [3.05, 3.63) is 65.7 Å². The van der Waals surface area contributed by atoms with Gasteiger partial charge in [-0.2, -0.15) is 0 Å². The van der Waals surface area contributed by atoms with E-state index in [0.29, 0.717) is 12.0 Å². The molecule has 8 nitrogen and oxygen atoms in total. The molecule has 0 saturated carbocycles. The molecule has 0 aliphatic heterocycles. The Bertz CT molecular complexity index is 902. The lowest BCUT2D eigenvalue weighted by Crippen LogP contribution is -2.56. The highest BCUT2D eigenvalue weighted by atomic mass is 16.4. The van der Waals surface area contributed by atoms with E-state index in [1.54, 1.807) is 36.4 Å². The summed E-state index contributed by atoms with van der Waals surface area (Å²) in [6, 6.07) is 12.2. The molecule has 2 amide bonds. The van der Waals surface area contributed by atoms with Gasteiger partial charge in [0, 0.05) is 12.8 Å². The largest absolute Gasteiger partial charge is 0.508 e. The van der Waals surface area contributed by atoms with E-state index in [1.807, 2.05) is 19.9 Å². The molecule has 0 bridgehead atoms. The Morgan fingerprint density at radius 2 is 1.41 bits per heavy atom. The smallest absolute Gasteiger partial charge is 0.326 e. The Morgan fingerprint density at radius 3 is 1.97 bits per heavy atom. The Hall–Kier alpha value is -3.39. The summed E-state index contributed by atoms with van der Waals surface area (Å²) in [5.41, 5.74) is 7.47. The highest BCUT2D eigenvalue weighted by Gasteiger charge is 2.29. The van der Waals surface area contributed by atoms with Crippen LogP contribution < -0.4 is 16.4 Å². The lowest BCUT2D eigenvalue weighted by atomic mass is 9.98. The fourth-order valence-corrected chi connectivity index (χ4v) is 3.18. The van der Waals surface area contributed by atoms with Crippen LogP contribution in [0.2, 0.25) is 0 Å². The molecule has 6 N–H and O–H groups in total. The molecule has 0 spiro atoms. The van der Waals surface area contributed by atoms with Crippen LogP contribution in [0, 0.1) is 5.92 Å². The van der Waals surface area contributed by atoms with Gasteiger partial charge in [-0.1, -0.05) is 62.7 Å². The van der Waals surface area contributed by atoms with Crippen molar-refractivity contribution in [3.63, 3.8) is 0 Å². The van der Waals surface area contributed by atoms with Crippen molar-refractivity contribution in [2.45, 2.75) is 51.2 Å². The summed E-state index contributed by atoms with van der Waals surface area (Å²) in [6.45, 7) is 3.76. The number of benzene rings is 2. The van der Waals surface area contributed by atoms with Gasteiger partial charge in [-0.3, -0.25) is 9.59 Å². The van der Waals surface area contributed by atoms with Crippen LogP contribution in [0.5, 0.6) is 5.75 Å². The molecule has 0 unspecified atom stereocenters. The van der Waals surface area contributed by atoms with E-state index in [9.17, 15) is 24.6 Å². The first kappa shape index (κ1) is 24.9. The maximum Gasteiger partial charge on any atom is 0.326 e. The Balaban J connectivity index is 2.19. The maximum absolute atomic E-state index is 13.0. The van der Waals surface area contributed by atoms with Gasteiger partial charge >= 0.3 is 5.97 Å². The molecule has 0 fully saturated rings. The van der Waals surface area contributed by atoms with Crippen LogP contribution in [0.4, 0.5) is 0 Å². The first-order chi connectivity index (χ1) is 15.2. The number of hydrogen-bond acceptors (Lipinski definition) is 5. The summed E-state index contributed by atoms with van der Waals surface area (Å²) in [5.74, 6) is -2.28. The molecule has 4 atom stereocenters. The van der Waals surface area contributed by atoms with Crippen molar-refractivity contribution >= 4 is 17.8 Å². The minimum atomic E-state index is -1.17. The number of carbonyl (C=O) groups excluding carboxylic acids is 2. The van der Waals surface area contributed by atoms with Crippen LogP contribution in [-0.2, 0) is 27.2 Å². The minimum absolute atomic E-state index is 0.0754. The number of carboxylic acids is 1. The normalized spacial score (nSPS) is 14.6. The topological polar surface area (TPSA) is 142 Å². The summed E-state index contributed by atoms with van der Waals surface area (Å²) < 4.78 is 0. The second kappa shape index (κ2) is 11.9. The van der Waals surface area contributed by atoms with Crippen molar-refractivity contribution in [2.75, 3.05) is 0 Å². The number of aliphatic carboxylic acids is 1. The van der Waals surface area contributed by atoms with Crippen LogP contribution in [-0.4, -0.2) is 46.1 Å². The average molecular weight is 442 g/mol. The average Bonchev–Trinajstić information content (AvgIpc) is 2.78. The van der Waals surface area contributed by atoms with Gasteiger partial charge in [-0.05, 0) is 29.2 Å². The number of hydrogen-bond donors (Lipinski definition) is 5. The first-order valence-corrected chi connectivity index (χ1v) is 10.6. The number of phenols is 1. The standard InChI is InChI=1S/C24H31N3O5/c1-3-15(2)21(25)23(30)26-19(13-17-9-11-18(28)12-10-17)22(29)27-20(24(31)32)14-16-7-5-4-6-8-16/h4-12,15,19-21,28H,3,13-14,25H2,1-2H3,(H,26,30)(H,27,29)(H,31,32)/t15-,19-,20-,21-/m0/s1. The third kappa shape index (κ3) is 7.39. The molecule has 0 saturated heterocycles. The number of carbonyl (C=O) groups is 3. The van der Waals surface area contributed by atoms with E-state index in [2.05, 4.69) is 10.6 Å². The van der Waals surface area contributed by atoms with Crippen LogP contribution in [0.1, 0.15) is 31.4 Å². The summed E-state index contributed by atoms with van der Waals surface area (Å²) in [7, 11) is 0. The first-order valence-electron chi connectivity index (χ1n) is 10.6. The van der Waals surface area contributed by atoms with Crippen LogP contribution in [0.25, 0.3) is 0 Å². The molecule has 0 aliphatic carbocycles. The maximum atomic E-state index is 13.0. The van der Waals surface area contributed by atoms with Crippen molar-refractivity contribution in [1.29, 1.82) is 0 Å². The highest BCUT2D eigenvalue weighted by molar-refractivity contribution is 5.92. The van der Waals surface area contributed by atoms with E-state index in [0.717, 1.165) is 5.56 Å². The Kier molecular flexibility index (Phi) is 9.22. The molecule has 0 heterocycles. The van der Waals surface area contributed by atoms with Crippen molar-refractivity contribution in [3.8, 4) is 5.75 Å². The SMILES string of the molecule is CC[C@H](C)[C@H](N)C(=O)N[C@@H](Cc1ccc(O)cc1)C(=O)N[C@@H](Cc1ccccc1)C(=O)O. The summed E-state index contributed by atoms with van der Waals surface area (Å²) >= 11 is 0. The van der Waals surface area contributed by atoms with Gasteiger partial charge in [0.1, 0.15) is 17.8 Å². The number of nitrogens with one attached hydrogen (secondary N) is 2. The van der Waals surface area contributed by atoms with Gasteiger partial charge in [0.2, 0.25) is 11.8 Å². The second-order valence-corrected chi connectivity index (χ2v) is 7.93. The number of phenolic OH excluding ortho intramolecular Hbond substituents is 1. The zero-order chi connectivity index (χ0) is 23.7. The number of carboxylic acid groups (broad SMARTS) is 1. The van der Waals surface area contributed by atoms with Gasteiger partial charge in [0.05, 0.1) is 6.04 Å². The molecule has 32 heavy (non-hydrogen) atoms. The zero-order valence-corrected chi connectivity index (χ0v) is 18.3.